The van der Waals surface area contributed by atoms with Gasteiger partial charge >= 0.3 is 0 Å². The van der Waals surface area contributed by atoms with Crippen LogP contribution in [0.4, 0.5) is 0 Å². The number of nitriles is 1. The molecule has 2 aromatic carbocycles. The van der Waals surface area contributed by atoms with E-state index in [-0.39, 0.29) is 5.92 Å². The van der Waals surface area contributed by atoms with E-state index in [0.717, 1.165) is 32.4 Å². The third-order valence-electron chi connectivity index (χ3n) is 5.75. The van der Waals surface area contributed by atoms with E-state index in [2.05, 4.69) is 38.2 Å². The number of hydrogen-bond donors (Lipinski definition) is 1. The molecule has 0 fully saturated rings. The van der Waals surface area contributed by atoms with Crippen molar-refractivity contribution in [2.45, 2.75) is 37.4 Å². The fraction of sp³-hybridized carbons (Fsp3) is 0.240. The first-order chi connectivity index (χ1) is 15.8. The Morgan fingerprint density at radius 3 is 2.73 bits per heavy atom. The number of rotatable bonds is 7. The van der Waals surface area contributed by atoms with E-state index in [4.69, 9.17) is 9.66 Å². The van der Waals surface area contributed by atoms with E-state index in [1.54, 1.807) is 6.07 Å². The summed E-state index contributed by atoms with van der Waals surface area (Å²) in [5, 5.41) is 20.4. The lowest BCUT2D eigenvalue weighted by Crippen LogP contribution is -2.34. The predicted molar refractivity (Wildman–Crippen MR) is 134 cm³/mol. The van der Waals surface area contributed by atoms with Crippen LogP contribution in [0.15, 0.2) is 69.7 Å². The van der Waals surface area contributed by atoms with Gasteiger partial charge in [-0.1, -0.05) is 51.4 Å². The van der Waals surface area contributed by atoms with E-state index in [1.165, 1.54) is 0 Å². The first-order valence-electron chi connectivity index (χ1n) is 10.4. The van der Waals surface area contributed by atoms with Crippen molar-refractivity contribution in [1.82, 2.24) is 10.1 Å². The summed E-state index contributed by atoms with van der Waals surface area (Å²) in [6, 6.07) is 21.4. The fourth-order valence-corrected chi connectivity index (χ4v) is 4.76. The Labute approximate surface area is 203 Å². The molecule has 8 heteroatoms. The van der Waals surface area contributed by atoms with E-state index in [1.807, 2.05) is 62.4 Å². The Morgan fingerprint density at radius 1 is 1.18 bits per heavy atom. The highest BCUT2D eigenvalue weighted by Gasteiger charge is 2.31. The third-order valence-corrected chi connectivity index (χ3v) is 7.50. The smallest absolute Gasteiger partial charge is 0.168 e. The first kappa shape index (κ1) is 23.3. The Kier molecular flexibility index (Phi) is 6.75. The third kappa shape index (κ3) is 5.06. The molecule has 1 unspecified atom stereocenters. The molecule has 0 amide bonds. The average molecular weight is 523 g/mol. The van der Waals surface area contributed by atoms with Crippen LogP contribution in [0, 0.1) is 11.3 Å². The Balaban J connectivity index is 1.83. The summed E-state index contributed by atoms with van der Waals surface area (Å²) in [6.45, 7) is 3.81. The average Bonchev–Trinajstić information content (AvgIpc) is 3.21. The fourth-order valence-electron chi connectivity index (χ4n) is 4.05. The zero-order valence-electron chi connectivity index (χ0n) is 18.3. The van der Waals surface area contributed by atoms with Crippen molar-refractivity contribution in [1.29, 1.82) is 5.26 Å². The van der Waals surface area contributed by atoms with Crippen LogP contribution in [0.5, 0.6) is 0 Å². The Morgan fingerprint density at radius 2 is 1.97 bits per heavy atom. The highest BCUT2D eigenvalue weighted by atomic mass is 79.9. The number of hydrogen-bond acceptors (Lipinski definition) is 5. The van der Waals surface area contributed by atoms with Crippen molar-refractivity contribution < 1.29 is 8.73 Å². The lowest BCUT2D eigenvalue weighted by atomic mass is 9.83. The molecule has 2 aromatic heterocycles. The lowest BCUT2D eigenvalue weighted by molar-refractivity contribution is 0.459. The van der Waals surface area contributed by atoms with Crippen LogP contribution in [0.25, 0.3) is 22.2 Å². The number of halogens is 1. The second-order valence-corrected chi connectivity index (χ2v) is 11.2. The van der Waals surface area contributed by atoms with Crippen LogP contribution >= 0.6 is 15.9 Å². The van der Waals surface area contributed by atoms with Gasteiger partial charge in [-0.05, 0) is 68.5 Å². The van der Waals surface area contributed by atoms with Gasteiger partial charge in [-0.15, -0.1) is 0 Å². The van der Waals surface area contributed by atoms with Crippen LogP contribution in [0.2, 0.25) is 0 Å². The topological polar surface area (TPSA) is 106 Å². The maximum atomic E-state index is 12.3. The first-order valence-corrected chi connectivity index (χ1v) is 12.5. The molecule has 0 aliphatic heterocycles. The summed E-state index contributed by atoms with van der Waals surface area (Å²) in [7, 11) is -1.51. The summed E-state index contributed by atoms with van der Waals surface area (Å²) in [6.07, 6.45) is 1.13. The van der Waals surface area contributed by atoms with Gasteiger partial charge < -0.3 is 4.52 Å². The molecule has 6 nitrogen and oxygen atoms in total. The van der Waals surface area contributed by atoms with Gasteiger partial charge in [0, 0.05) is 21.1 Å². The van der Waals surface area contributed by atoms with Gasteiger partial charge in [-0.2, -0.15) is 5.26 Å². The van der Waals surface area contributed by atoms with Crippen LogP contribution in [-0.4, -0.2) is 19.1 Å². The molecule has 0 spiro atoms. The van der Waals surface area contributed by atoms with Gasteiger partial charge in [0.1, 0.15) is 17.5 Å². The van der Waals surface area contributed by atoms with Gasteiger partial charge in [-0.3, -0.25) is 5.14 Å². The minimum Gasteiger partial charge on any atom is -0.356 e. The largest absolute Gasteiger partial charge is 0.356 e. The summed E-state index contributed by atoms with van der Waals surface area (Å²) in [5.74, 6) is -0.0626. The van der Waals surface area contributed by atoms with Gasteiger partial charge in [0.25, 0.3) is 0 Å². The van der Waals surface area contributed by atoms with Crippen molar-refractivity contribution in [3.05, 3.63) is 82.1 Å². The SMILES string of the molecule is CC(C)(C[C@H](Cc1cccc(C#N)n1)c1ccccc1-c1noc2cc(Br)ccc12)S(N)=O. The zero-order valence-corrected chi connectivity index (χ0v) is 20.7. The van der Waals surface area contributed by atoms with E-state index in [0.29, 0.717) is 24.1 Å². The number of aromatic nitrogens is 2. The minimum absolute atomic E-state index is 0.0626. The van der Waals surface area contributed by atoms with Crippen LogP contribution < -0.4 is 5.14 Å². The second kappa shape index (κ2) is 9.56. The molecule has 0 radical (unpaired) electrons. The molecule has 0 aliphatic rings. The van der Waals surface area contributed by atoms with Crippen molar-refractivity contribution in [2.75, 3.05) is 0 Å². The summed E-state index contributed by atoms with van der Waals surface area (Å²) >= 11 is 3.47. The van der Waals surface area contributed by atoms with Crippen LogP contribution in [-0.2, 0) is 17.4 Å². The van der Waals surface area contributed by atoms with E-state index >= 15 is 0 Å². The van der Waals surface area contributed by atoms with Gasteiger partial charge in [0.15, 0.2) is 5.58 Å². The molecule has 0 bridgehead atoms. The summed E-state index contributed by atoms with van der Waals surface area (Å²) in [4.78, 5) is 4.48. The monoisotopic (exact) mass is 522 g/mol. The number of nitrogens with two attached hydrogens (primary N) is 1. The van der Waals surface area contributed by atoms with Crippen molar-refractivity contribution in [2.24, 2.45) is 5.14 Å². The molecular weight excluding hydrogens is 500 g/mol. The van der Waals surface area contributed by atoms with Gasteiger partial charge in [-0.25, -0.2) is 9.19 Å². The highest BCUT2D eigenvalue weighted by molar-refractivity contribution is 9.10. The van der Waals surface area contributed by atoms with Crippen LogP contribution in [0.3, 0.4) is 0 Å². The predicted octanol–water partition coefficient (Wildman–Crippen LogP) is 5.64. The Bertz CT molecular complexity index is 1380. The summed E-state index contributed by atoms with van der Waals surface area (Å²) in [5.41, 5.74) is 4.59. The number of nitrogens with zero attached hydrogens (tertiary/aromatic N) is 3. The highest BCUT2D eigenvalue weighted by Crippen LogP contribution is 2.39. The maximum absolute atomic E-state index is 12.3. The van der Waals surface area contributed by atoms with E-state index in [9.17, 15) is 9.47 Å². The van der Waals surface area contributed by atoms with Crippen LogP contribution in [0.1, 0.15) is 43.1 Å². The molecule has 2 heterocycles. The molecule has 4 rings (SSSR count). The standard InChI is InChI=1S/C25H23BrN4O2S/c1-25(2,33(28)31)14-16(12-18-6-5-7-19(15-27)29-18)20-8-3-4-9-21(20)24-22-11-10-17(26)13-23(22)32-30-24/h3-11,13,16H,12,14,28H2,1-2H3/t16-,33?/m0/s1. The number of pyridine rings is 1. The molecule has 4 aromatic rings. The number of benzene rings is 2. The zero-order chi connectivity index (χ0) is 23.6. The molecule has 33 heavy (non-hydrogen) atoms. The molecule has 2 N–H and O–H groups in total. The number of fused-ring (bicyclic) bond motifs is 1. The molecule has 0 saturated heterocycles. The van der Waals surface area contributed by atoms with Gasteiger partial charge in [0.2, 0.25) is 0 Å². The Hall–Kier alpha value is -2.86. The van der Waals surface area contributed by atoms with Crippen molar-refractivity contribution in [3.63, 3.8) is 0 Å². The second-order valence-electron chi connectivity index (χ2n) is 8.55. The molecule has 0 saturated carbocycles. The molecule has 2 atom stereocenters. The maximum Gasteiger partial charge on any atom is 0.168 e. The normalized spacial score (nSPS) is 13.5. The van der Waals surface area contributed by atoms with Crippen molar-refractivity contribution >= 4 is 37.9 Å². The van der Waals surface area contributed by atoms with Gasteiger partial charge in [0.05, 0.1) is 15.7 Å². The quantitative estimate of drug-likeness (QED) is 0.337. The molecule has 0 aliphatic carbocycles. The molecule has 168 valence electrons. The minimum atomic E-state index is -1.51. The lowest BCUT2D eigenvalue weighted by Gasteiger charge is -2.28. The summed E-state index contributed by atoms with van der Waals surface area (Å²) < 4.78 is 18.2. The van der Waals surface area contributed by atoms with Crippen molar-refractivity contribution in [3.8, 4) is 17.3 Å². The van der Waals surface area contributed by atoms with E-state index < -0.39 is 15.7 Å². The molecular formula is C25H23BrN4O2S.